The Kier molecular flexibility index (Phi) is 4.83. The number of carbonyl (C=O) groups excluding carboxylic acids is 1. The number of hydrogen-bond acceptors (Lipinski definition) is 2. The van der Waals surface area contributed by atoms with Gasteiger partial charge in [-0.1, -0.05) is 6.07 Å². The number of benzene rings is 2. The summed E-state index contributed by atoms with van der Waals surface area (Å²) in [7, 11) is 0. The van der Waals surface area contributed by atoms with Crippen LogP contribution >= 0.6 is 0 Å². The normalized spacial score (nSPS) is 11.4. The molecular weight excluding hydrogens is 321 g/mol. The van der Waals surface area contributed by atoms with Gasteiger partial charge in [0.05, 0.1) is 5.56 Å². The molecule has 0 saturated heterocycles. The molecule has 0 spiro atoms. The van der Waals surface area contributed by atoms with Crippen molar-refractivity contribution >= 4 is 11.6 Å². The van der Waals surface area contributed by atoms with Crippen LogP contribution in [0.5, 0.6) is 5.75 Å². The van der Waals surface area contributed by atoms with Crippen LogP contribution in [0.3, 0.4) is 0 Å². The van der Waals surface area contributed by atoms with E-state index in [1.807, 2.05) is 0 Å². The molecule has 0 aliphatic heterocycles. The second-order valence-corrected chi connectivity index (χ2v) is 4.44. The van der Waals surface area contributed by atoms with E-state index >= 15 is 0 Å². The zero-order chi connectivity index (χ0) is 17.0. The molecule has 1 amide bonds. The first-order chi connectivity index (χ1) is 10.8. The van der Waals surface area contributed by atoms with E-state index in [1.54, 1.807) is 0 Å². The minimum Gasteiger partial charge on any atom is -0.435 e. The highest BCUT2D eigenvalue weighted by Gasteiger charge is 2.30. The molecule has 0 atom stereocenters. The van der Waals surface area contributed by atoms with Crippen molar-refractivity contribution in [1.29, 1.82) is 0 Å². The molecule has 2 aromatic carbocycles. The van der Waals surface area contributed by atoms with E-state index in [9.17, 15) is 26.7 Å². The molecule has 1 N–H and O–H groups in total. The smallest absolute Gasteiger partial charge is 0.416 e. The Morgan fingerprint density at radius 1 is 1.04 bits per heavy atom. The van der Waals surface area contributed by atoms with Crippen molar-refractivity contribution in [3.8, 4) is 5.75 Å². The van der Waals surface area contributed by atoms with E-state index in [0.29, 0.717) is 0 Å². The van der Waals surface area contributed by atoms with Crippen LogP contribution in [-0.2, 0) is 6.18 Å². The largest absolute Gasteiger partial charge is 0.435 e. The molecule has 0 unspecified atom stereocenters. The number of alkyl halides is 5. The number of amides is 1. The Balaban J connectivity index is 2.10. The summed E-state index contributed by atoms with van der Waals surface area (Å²) < 4.78 is 65.9. The molecule has 0 heterocycles. The molecule has 0 radical (unpaired) electrons. The van der Waals surface area contributed by atoms with Crippen LogP contribution in [-0.4, -0.2) is 12.5 Å². The maximum absolute atomic E-state index is 12.6. The first-order valence-corrected chi connectivity index (χ1v) is 6.29. The molecule has 2 aromatic rings. The van der Waals surface area contributed by atoms with Crippen LogP contribution in [0.1, 0.15) is 15.9 Å². The third-order valence-corrected chi connectivity index (χ3v) is 2.79. The molecule has 0 bridgehead atoms. The van der Waals surface area contributed by atoms with Gasteiger partial charge in [-0.25, -0.2) is 0 Å². The average molecular weight is 331 g/mol. The summed E-state index contributed by atoms with van der Waals surface area (Å²) in [4.78, 5) is 11.9. The lowest BCUT2D eigenvalue weighted by Gasteiger charge is -2.10. The fraction of sp³-hybridized carbons (Fsp3) is 0.133. The van der Waals surface area contributed by atoms with Gasteiger partial charge in [-0.3, -0.25) is 4.79 Å². The van der Waals surface area contributed by atoms with Gasteiger partial charge in [0.25, 0.3) is 5.91 Å². The van der Waals surface area contributed by atoms with Crippen molar-refractivity contribution in [3.05, 3.63) is 59.7 Å². The van der Waals surface area contributed by atoms with Crippen LogP contribution in [0.2, 0.25) is 0 Å². The molecule has 3 nitrogen and oxygen atoms in total. The fourth-order valence-electron chi connectivity index (χ4n) is 1.76. The third-order valence-electron chi connectivity index (χ3n) is 2.79. The summed E-state index contributed by atoms with van der Waals surface area (Å²) in [6.07, 6.45) is -4.55. The SMILES string of the molecule is O=C(Nc1ccc(OC(F)F)cc1)c1cccc(C(F)(F)F)c1. The van der Waals surface area contributed by atoms with Gasteiger partial charge in [0.1, 0.15) is 5.75 Å². The maximum atomic E-state index is 12.6. The summed E-state index contributed by atoms with van der Waals surface area (Å²) in [6, 6.07) is 8.93. The molecule has 2 rings (SSSR count). The molecule has 0 aliphatic rings. The number of nitrogens with one attached hydrogen (secondary N) is 1. The highest BCUT2D eigenvalue weighted by atomic mass is 19.4. The lowest BCUT2D eigenvalue weighted by atomic mass is 10.1. The van der Waals surface area contributed by atoms with Gasteiger partial charge in [0.15, 0.2) is 0 Å². The molecule has 0 aliphatic carbocycles. The molecule has 0 fully saturated rings. The highest BCUT2D eigenvalue weighted by molar-refractivity contribution is 6.04. The third kappa shape index (κ3) is 4.67. The van der Waals surface area contributed by atoms with Crippen molar-refractivity contribution in [3.63, 3.8) is 0 Å². The van der Waals surface area contributed by atoms with Crippen molar-refractivity contribution in [2.24, 2.45) is 0 Å². The number of hydrogen-bond donors (Lipinski definition) is 1. The van der Waals surface area contributed by atoms with Crippen molar-refractivity contribution in [2.75, 3.05) is 5.32 Å². The highest BCUT2D eigenvalue weighted by Crippen LogP contribution is 2.29. The predicted octanol–water partition coefficient (Wildman–Crippen LogP) is 4.56. The lowest BCUT2D eigenvalue weighted by molar-refractivity contribution is -0.137. The van der Waals surface area contributed by atoms with Crippen LogP contribution in [0, 0.1) is 0 Å². The Hall–Kier alpha value is -2.64. The van der Waals surface area contributed by atoms with E-state index < -0.39 is 24.3 Å². The fourth-order valence-corrected chi connectivity index (χ4v) is 1.76. The molecular formula is C15H10F5NO2. The Morgan fingerprint density at radius 2 is 1.70 bits per heavy atom. The Labute approximate surface area is 127 Å². The lowest BCUT2D eigenvalue weighted by Crippen LogP contribution is -2.14. The topological polar surface area (TPSA) is 38.3 Å². The van der Waals surface area contributed by atoms with Gasteiger partial charge in [-0.2, -0.15) is 22.0 Å². The summed E-state index contributed by atoms with van der Waals surface area (Å²) in [5.41, 5.74) is -0.882. The summed E-state index contributed by atoms with van der Waals surface area (Å²) in [5.74, 6) is -0.851. The number of rotatable bonds is 4. The second kappa shape index (κ2) is 6.64. The minimum absolute atomic E-state index is 0.0999. The van der Waals surface area contributed by atoms with E-state index in [0.717, 1.165) is 18.2 Å². The number of carbonyl (C=O) groups is 1. The average Bonchev–Trinajstić information content (AvgIpc) is 2.48. The van der Waals surface area contributed by atoms with E-state index in [1.165, 1.54) is 30.3 Å². The van der Waals surface area contributed by atoms with Crippen molar-refractivity contribution < 1.29 is 31.5 Å². The number of ether oxygens (including phenoxy) is 1. The molecule has 23 heavy (non-hydrogen) atoms. The van der Waals surface area contributed by atoms with E-state index in [4.69, 9.17) is 0 Å². The van der Waals surface area contributed by atoms with Gasteiger partial charge in [-0.05, 0) is 42.5 Å². The standard InChI is InChI=1S/C15H10F5NO2/c16-14(17)23-12-6-4-11(5-7-12)21-13(22)9-2-1-3-10(8-9)15(18,19)20/h1-8,14H,(H,21,22). The predicted molar refractivity (Wildman–Crippen MR) is 72.5 cm³/mol. The monoisotopic (exact) mass is 331 g/mol. The Bertz CT molecular complexity index is 683. The van der Waals surface area contributed by atoms with Gasteiger partial charge >= 0.3 is 12.8 Å². The van der Waals surface area contributed by atoms with Gasteiger partial charge in [-0.15, -0.1) is 0 Å². The first-order valence-electron chi connectivity index (χ1n) is 6.29. The summed E-state index contributed by atoms with van der Waals surface area (Å²) in [6.45, 7) is -2.97. The number of anilines is 1. The number of halogens is 5. The Morgan fingerprint density at radius 3 is 2.26 bits per heavy atom. The van der Waals surface area contributed by atoms with Gasteiger partial charge in [0, 0.05) is 11.3 Å². The van der Waals surface area contributed by atoms with Crippen LogP contribution in [0.4, 0.5) is 27.6 Å². The molecule has 8 heteroatoms. The maximum Gasteiger partial charge on any atom is 0.416 e. The van der Waals surface area contributed by atoms with E-state index in [-0.39, 0.29) is 17.0 Å². The summed E-state index contributed by atoms with van der Waals surface area (Å²) in [5, 5.41) is 2.37. The first kappa shape index (κ1) is 16.7. The van der Waals surface area contributed by atoms with Gasteiger partial charge in [0.2, 0.25) is 0 Å². The molecule has 0 aromatic heterocycles. The minimum atomic E-state index is -4.55. The zero-order valence-electron chi connectivity index (χ0n) is 11.4. The summed E-state index contributed by atoms with van der Waals surface area (Å²) >= 11 is 0. The van der Waals surface area contributed by atoms with Crippen LogP contribution < -0.4 is 10.1 Å². The van der Waals surface area contributed by atoms with Crippen molar-refractivity contribution in [2.45, 2.75) is 12.8 Å². The quantitative estimate of drug-likeness (QED) is 0.834. The van der Waals surface area contributed by atoms with Gasteiger partial charge < -0.3 is 10.1 Å². The van der Waals surface area contributed by atoms with E-state index in [2.05, 4.69) is 10.1 Å². The zero-order valence-corrected chi connectivity index (χ0v) is 11.4. The molecule has 0 saturated carbocycles. The second-order valence-electron chi connectivity index (χ2n) is 4.44. The van der Waals surface area contributed by atoms with Crippen LogP contribution in [0.15, 0.2) is 48.5 Å². The van der Waals surface area contributed by atoms with Crippen molar-refractivity contribution in [1.82, 2.24) is 0 Å². The van der Waals surface area contributed by atoms with Crippen LogP contribution in [0.25, 0.3) is 0 Å². The molecule has 122 valence electrons.